The Morgan fingerprint density at radius 3 is 2.63 bits per heavy atom. The first-order valence-electron chi connectivity index (χ1n) is 10.4. The van der Waals surface area contributed by atoms with E-state index in [1.165, 1.54) is 5.56 Å². The second kappa shape index (κ2) is 8.45. The topological polar surface area (TPSA) is 66.8 Å². The van der Waals surface area contributed by atoms with Crippen molar-refractivity contribution in [3.63, 3.8) is 0 Å². The van der Waals surface area contributed by atoms with Gasteiger partial charge in [-0.25, -0.2) is 0 Å². The van der Waals surface area contributed by atoms with Crippen molar-refractivity contribution in [3.8, 4) is 0 Å². The highest BCUT2D eigenvalue weighted by Crippen LogP contribution is 2.26. The molecule has 6 heteroatoms. The summed E-state index contributed by atoms with van der Waals surface area (Å²) in [4.78, 5) is 11.5. The van der Waals surface area contributed by atoms with E-state index < -0.39 is 0 Å². The summed E-state index contributed by atoms with van der Waals surface area (Å²) in [6, 6.07) is 20.8. The Bertz CT molecular complexity index is 1120. The van der Waals surface area contributed by atoms with Crippen LogP contribution in [0.25, 0.3) is 10.9 Å². The Labute approximate surface area is 176 Å². The zero-order chi connectivity index (χ0) is 20.2. The normalized spacial score (nSPS) is 14.7. The molecular formula is C24H24N6. The highest BCUT2D eigenvalue weighted by molar-refractivity contribution is 5.91. The lowest BCUT2D eigenvalue weighted by Crippen LogP contribution is -2.35. The van der Waals surface area contributed by atoms with Gasteiger partial charge >= 0.3 is 0 Å². The van der Waals surface area contributed by atoms with Crippen LogP contribution in [0.3, 0.4) is 0 Å². The largest absolute Gasteiger partial charge is 0.339 e. The first-order chi connectivity index (χ1) is 14.8. The van der Waals surface area contributed by atoms with E-state index in [9.17, 15) is 0 Å². The van der Waals surface area contributed by atoms with Crippen molar-refractivity contribution in [2.45, 2.75) is 19.3 Å². The number of fused-ring (bicyclic) bond motifs is 1. The molecule has 4 aromatic rings. The number of pyridine rings is 1. The molecule has 0 aliphatic carbocycles. The minimum atomic E-state index is 0.685. The predicted molar refractivity (Wildman–Crippen MR) is 120 cm³/mol. The molecule has 0 atom stereocenters. The van der Waals surface area contributed by atoms with E-state index >= 15 is 0 Å². The van der Waals surface area contributed by atoms with E-state index in [1.54, 1.807) is 12.4 Å². The number of hydrogen-bond acceptors (Lipinski definition) is 6. The molecular weight excluding hydrogens is 372 g/mol. The number of benzene rings is 2. The zero-order valence-corrected chi connectivity index (χ0v) is 16.8. The van der Waals surface area contributed by atoms with Crippen molar-refractivity contribution in [2.75, 3.05) is 23.3 Å². The maximum absolute atomic E-state index is 4.72. The minimum absolute atomic E-state index is 0.685. The summed E-state index contributed by atoms with van der Waals surface area (Å²) >= 11 is 0. The number of hydrogen-bond donors (Lipinski definition) is 1. The minimum Gasteiger partial charge on any atom is -0.339 e. The molecule has 0 amide bonds. The van der Waals surface area contributed by atoms with Gasteiger partial charge in [-0.05, 0) is 42.9 Å². The Morgan fingerprint density at radius 2 is 1.77 bits per heavy atom. The molecule has 0 radical (unpaired) electrons. The second-order valence-corrected chi connectivity index (χ2v) is 7.77. The van der Waals surface area contributed by atoms with Gasteiger partial charge in [-0.1, -0.05) is 48.5 Å². The molecule has 1 saturated heterocycles. The van der Waals surface area contributed by atoms with Gasteiger partial charge in [0.1, 0.15) is 0 Å². The van der Waals surface area contributed by atoms with Crippen LogP contribution < -0.4 is 10.2 Å². The molecule has 1 N–H and O–H groups in total. The third-order valence-electron chi connectivity index (χ3n) is 5.71. The molecule has 30 heavy (non-hydrogen) atoms. The Balaban J connectivity index is 1.26. The highest BCUT2D eigenvalue weighted by Gasteiger charge is 2.21. The van der Waals surface area contributed by atoms with Gasteiger partial charge in [-0.3, -0.25) is 4.98 Å². The van der Waals surface area contributed by atoms with E-state index in [-0.39, 0.29) is 0 Å². The Kier molecular flexibility index (Phi) is 5.21. The molecule has 1 aliphatic rings. The molecule has 2 aromatic carbocycles. The molecule has 3 heterocycles. The van der Waals surface area contributed by atoms with Gasteiger partial charge < -0.3 is 10.2 Å². The fourth-order valence-corrected chi connectivity index (χ4v) is 4.12. The number of piperidine rings is 1. The Morgan fingerprint density at radius 1 is 0.933 bits per heavy atom. The van der Waals surface area contributed by atoms with Crippen LogP contribution in [0.15, 0.2) is 73.1 Å². The Hall–Kier alpha value is -3.54. The summed E-state index contributed by atoms with van der Waals surface area (Å²) in [5.74, 6) is 2.08. The van der Waals surface area contributed by atoms with Crippen LogP contribution in [0.5, 0.6) is 0 Å². The number of aromatic nitrogens is 4. The monoisotopic (exact) mass is 396 g/mol. The second-order valence-electron chi connectivity index (χ2n) is 7.77. The lowest BCUT2D eigenvalue weighted by atomic mass is 9.90. The van der Waals surface area contributed by atoms with Crippen LogP contribution in [0, 0.1) is 5.92 Å². The van der Waals surface area contributed by atoms with E-state index in [2.05, 4.69) is 67.9 Å². The smallest absolute Gasteiger partial charge is 0.247 e. The number of rotatable bonds is 5. The summed E-state index contributed by atoms with van der Waals surface area (Å²) < 4.78 is 0. The van der Waals surface area contributed by atoms with Gasteiger partial charge in [0.25, 0.3) is 0 Å². The fourth-order valence-electron chi connectivity index (χ4n) is 4.12. The van der Waals surface area contributed by atoms with E-state index in [4.69, 9.17) is 4.98 Å². The summed E-state index contributed by atoms with van der Waals surface area (Å²) in [6.07, 6.45) is 6.89. The molecule has 6 nitrogen and oxygen atoms in total. The maximum atomic E-state index is 4.72. The molecule has 0 saturated carbocycles. The molecule has 0 bridgehead atoms. The third-order valence-corrected chi connectivity index (χ3v) is 5.71. The average Bonchev–Trinajstić information content (AvgIpc) is 2.81. The molecule has 1 fully saturated rings. The molecule has 5 rings (SSSR count). The first kappa shape index (κ1) is 18.5. The van der Waals surface area contributed by atoms with Crippen molar-refractivity contribution >= 4 is 28.4 Å². The van der Waals surface area contributed by atoms with Crippen molar-refractivity contribution in [1.29, 1.82) is 0 Å². The van der Waals surface area contributed by atoms with Gasteiger partial charge in [0, 0.05) is 24.7 Å². The number of anilines is 3. The van der Waals surface area contributed by atoms with Gasteiger partial charge in [0.05, 0.1) is 17.4 Å². The molecule has 2 aromatic heterocycles. The van der Waals surface area contributed by atoms with Gasteiger partial charge in [0.2, 0.25) is 5.95 Å². The van der Waals surface area contributed by atoms with E-state index in [0.717, 1.165) is 48.9 Å². The zero-order valence-electron chi connectivity index (χ0n) is 16.8. The maximum Gasteiger partial charge on any atom is 0.247 e. The average molecular weight is 396 g/mol. The lowest BCUT2D eigenvalue weighted by molar-refractivity contribution is 0.400. The lowest BCUT2D eigenvalue weighted by Gasteiger charge is -2.31. The van der Waals surface area contributed by atoms with Crippen molar-refractivity contribution in [2.24, 2.45) is 5.92 Å². The number of nitrogens with zero attached hydrogens (tertiary/aromatic N) is 5. The molecule has 1 aliphatic heterocycles. The van der Waals surface area contributed by atoms with Crippen LogP contribution in [0.1, 0.15) is 18.4 Å². The van der Waals surface area contributed by atoms with Crippen LogP contribution >= 0.6 is 0 Å². The van der Waals surface area contributed by atoms with E-state index in [1.807, 2.05) is 18.2 Å². The van der Waals surface area contributed by atoms with Gasteiger partial charge in [-0.15, -0.1) is 5.10 Å². The highest BCUT2D eigenvalue weighted by atomic mass is 15.3. The van der Waals surface area contributed by atoms with Crippen LogP contribution in [0.4, 0.5) is 17.5 Å². The van der Waals surface area contributed by atoms with Crippen molar-refractivity contribution in [1.82, 2.24) is 20.2 Å². The standard InChI is InChI=1S/C24H24N6/c1-2-6-18(7-3-1)16-19-11-14-30(15-12-19)24-28-22(17-26-29-24)27-21-10-4-8-20-9-5-13-25-23(20)21/h1-10,13,17,19H,11-12,14-16H2,(H,27,28,29). The van der Waals surface area contributed by atoms with Crippen molar-refractivity contribution in [3.05, 3.63) is 78.6 Å². The summed E-state index contributed by atoms with van der Waals surface area (Å²) in [7, 11) is 0. The van der Waals surface area contributed by atoms with Crippen LogP contribution in [-0.4, -0.2) is 33.3 Å². The SMILES string of the molecule is c1ccc(CC2CCN(c3nncc(Nc4cccc5cccnc45)n3)CC2)cc1. The number of para-hydroxylation sites is 1. The fraction of sp³-hybridized carbons (Fsp3) is 0.250. The predicted octanol–water partition coefficient (Wildman–Crippen LogP) is 4.62. The van der Waals surface area contributed by atoms with Crippen LogP contribution in [-0.2, 0) is 6.42 Å². The number of nitrogens with one attached hydrogen (secondary N) is 1. The van der Waals surface area contributed by atoms with E-state index in [0.29, 0.717) is 17.7 Å². The summed E-state index contributed by atoms with van der Waals surface area (Å²) in [6.45, 7) is 1.91. The molecule has 0 spiro atoms. The van der Waals surface area contributed by atoms with Crippen LogP contribution in [0.2, 0.25) is 0 Å². The molecule has 0 unspecified atom stereocenters. The van der Waals surface area contributed by atoms with Gasteiger partial charge in [0.15, 0.2) is 5.82 Å². The van der Waals surface area contributed by atoms with Gasteiger partial charge in [-0.2, -0.15) is 10.1 Å². The first-order valence-corrected chi connectivity index (χ1v) is 10.4. The summed E-state index contributed by atoms with van der Waals surface area (Å²) in [5.41, 5.74) is 3.26. The third kappa shape index (κ3) is 4.08. The quantitative estimate of drug-likeness (QED) is 0.531. The molecule has 150 valence electrons. The summed E-state index contributed by atoms with van der Waals surface area (Å²) in [5, 5.41) is 12.9. The van der Waals surface area contributed by atoms with Crippen molar-refractivity contribution < 1.29 is 0 Å².